The second-order valence-corrected chi connectivity index (χ2v) is 1.49. The van der Waals surface area contributed by atoms with Gasteiger partial charge in [0.25, 0.3) is 0 Å². The average molecular weight is 199 g/mol. The summed E-state index contributed by atoms with van der Waals surface area (Å²) >= 11 is 3.65. The Bertz CT molecular complexity index is 79.7. The summed E-state index contributed by atoms with van der Waals surface area (Å²) in [5.74, 6) is -0.815. The number of nitrogens with two attached hydrogens (primary N) is 1. The Morgan fingerprint density at radius 3 is 2.25 bits per heavy atom. The molecular formula is C3H10AsNO2S. The van der Waals surface area contributed by atoms with Gasteiger partial charge in [-0.3, -0.25) is 4.79 Å². The molecule has 0 spiro atoms. The first-order chi connectivity index (χ1) is 3.18. The van der Waals surface area contributed by atoms with E-state index >= 15 is 0 Å². The van der Waals surface area contributed by atoms with Gasteiger partial charge in [0.15, 0.2) is 0 Å². The summed E-state index contributed by atoms with van der Waals surface area (Å²) in [4.78, 5) is 9.76. The third kappa shape index (κ3) is 4.50. The van der Waals surface area contributed by atoms with E-state index in [0.29, 0.717) is 0 Å². The van der Waals surface area contributed by atoms with Gasteiger partial charge in [0.05, 0.1) is 0 Å². The Labute approximate surface area is 64.4 Å². The number of carbonyl (C=O) groups is 1. The molecule has 0 heterocycles. The van der Waals surface area contributed by atoms with E-state index in [1.54, 1.807) is 0 Å². The van der Waals surface area contributed by atoms with Crippen LogP contribution < -0.4 is 5.73 Å². The normalized spacial score (nSPS) is 11.8. The van der Waals surface area contributed by atoms with Crippen molar-refractivity contribution in [1.82, 2.24) is 0 Å². The Hall–Kier alpha value is 0.338. The molecule has 0 saturated carbocycles. The van der Waals surface area contributed by atoms with E-state index in [1.165, 1.54) is 0 Å². The van der Waals surface area contributed by atoms with Crippen LogP contribution in [0.25, 0.3) is 0 Å². The van der Waals surface area contributed by atoms with Crippen LogP contribution in [0.5, 0.6) is 0 Å². The van der Waals surface area contributed by atoms with Gasteiger partial charge in [-0.1, -0.05) is 0 Å². The summed E-state index contributed by atoms with van der Waals surface area (Å²) in [6.07, 6.45) is 0. The number of carboxylic acids is 1. The van der Waals surface area contributed by atoms with Crippen LogP contribution in [0.2, 0.25) is 0 Å². The molecule has 0 rings (SSSR count). The van der Waals surface area contributed by atoms with Crippen LogP contribution in [-0.4, -0.2) is 40.8 Å². The van der Waals surface area contributed by atoms with Crippen LogP contribution in [0.15, 0.2) is 0 Å². The van der Waals surface area contributed by atoms with E-state index in [9.17, 15) is 4.79 Å². The van der Waals surface area contributed by atoms with Crippen molar-refractivity contribution in [2.24, 2.45) is 5.73 Å². The standard InChI is InChI=1S/C3H7NO2S.AsH3/c4-2(1-7)3(5)6;/h2,7H,1,4H2,(H,5,6);1H3/t2-;/m0./s1. The SMILES string of the molecule is N[C@@H](CS)C(=O)O.[AsH3]. The second-order valence-electron chi connectivity index (χ2n) is 1.13. The molecule has 3 N–H and O–H groups in total. The molecule has 0 aromatic heterocycles. The molecule has 0 aliphatic carbocycles. The second kappa shape index (κ2) is 5.47. The quantitative estimate of drug-likeness (QED) is 0.361. The molecule has 1 unspecified atom stereocenters. The van der Waals surface area contributed by atoms with Crippen LogP contribution >= 0.6 is 12.6 Å². The van der Waals surface area contributed by atoms with Gasteiger partial charge in [-0.25, -0.2) is 0 Å². The molecule has 3 nitrogen and oxygen atoms in total. The molecule has 5 heteroatoms. The van der Waals surface area contributed by atoms with Crippen molar-refractivity contribution in [2.45, 2.75) is 6.04 Å². The molecule has 0 aliphatic heterocycles. The zero-order valence-corrected chi connectivity index (χ0v) is 8.23. The van der Waals surface area contributed by atoms with Crippen molar-refractivity contribution >= 4 is 36.6 Å². The molecule has 0 aromatic rings. The fraction of sp³-hybridized carbons (Fsp3) is 0.667. The summed E-state index contributed by atoms with van der Waals surface area (Å²) < 4.78 is 0. The van der Waals surface area contributed by atoms with Crippen molar-refractivity contribution < 1.29 is 9.90 Å². The molecule has 0 bridgehead atoms. The molecule has 2 atom stereocenters. The molecule has 0 fully saturated rings. The number of hydrogen-bond acceptors (Lipinski definition) is 3. The number of hydrogen-bond donors (Lipinski definition) is 3. The van der Waals surface area contributed by atoms with Crippen molar-refractivity contribution in [3.63, 3.8) is 0 Å². The van der Waals surface area contributed by atoms with E-state index in [4.69, 9.17) is 10.8 Å². The first kappa shape index (κ1) is 11.2. The van der Waals surface area contributed by atoms with Crippen molar-refractivity contribution in [2.75, 3.05) is 5.75 Å². The molecule has 8 heavy (non-hydrogen) atoms. The van der Waals surface area contributed by atoms with Gasteiger partial charge in [0.2, 0.25) is 0 Å². The van der Waals surface area contributed by atoms with Crippen LogP contribution in [0, 0.1) is 0 Å². The minimum absolute atomic E-state index is 0. The third-order valence-corrected chi connectivity index (χ3v) is 0.907. The fourth-order valence-corrected chi connectivity index (χ4v) is 0.234. The fourth-order valence-electron chi connectivity index (χ4n) is 0.0781. The minimum atomic E-state index is -1.00. The molecule has 0 aliphatic rings. The van der Waals surface area contributed by atoms with Gasteiger partial charge in [-0.15, -0.1) is 0 Å². The average Bonchev–Trinajstić information content (AvgIpc) is 1.65. The third-order valence-electron chi connectivity index (χ3n) is 0.514. The first-order valence-corrected chi connectivity index (χ1v) is 2.41. The number of carboxylic acid groups (broad SMARTS) is 1. The maximum absolute atomic E-state index is 9.76. The molecule has 0 amide bonds. The summed E-state index contributed by atoms with van der Waals surface area (Å²) in [5, 5.41) is 8.01. The molecule has 0 saturated heterocycles. The Morgan fingerprint density at radius 1 is 1.88 bits per heavy atom. The van der Waals surface area contributed by atoms with Crippen molar-refractivity contribution in [1.29, 1.82) is 0 Å². The van der Waals surface area contributed by atoms with E-state index in [2.05, 4.69) is 12.6 Å². The van der Waals surface area contributed by atoms with Gasteiger partial charge in [-0.05, 0) is 0 Å². The van der Waals surface area contributed by atoms with Gasteiger partial charge < -0.3 is 10.8 Å². The van der Waals surface area contributed by atoms with E-state index in [0.717, 1.165) is 0 Å². The summed E-state index contributed by atoms with van der Waals surface area (Å²) in [6.45, 7) is 0. The van der Waals surface area contributed by atoms with Crippen LogP contribution in [0.1, 0.15) is 0 Å². The summed E-state index contributed by atoms with van der Waals surface area (Å²) in [7, 11) is 0. The zero-order chi connectivity index (χ0) is 5.86. The van der Waals surface area contributed by atoms with E-state index in [-0.39, 0.29) is 23.7 Å². The predicted octanol–water partition coefficient (Wildman–Crippen LogP) is -1.86. The summed E-state index contributed by atoms with van der Waals surface area (Å²) in [6, 6.07) is -0.816. The zero-order valence-electron chi connectivity index (χ0n) is 4.37. The predicted molar refractivity (Wildman–Crippen MR) is 39.4 cm³/mol. The van der Waals surface area contributed by atoms with Crippen molar-refractivity contribution in [3.05, 3.63) is 0 Å². The number of aliphatic carboxylic acids is 1. The molecular weight excluding hydrogens is 189 g/mol. The van der Waals surface area contributed by atoms with Gasteiger partial charge in [0, 0.05) is 5.75 Å². The number of rotatable bonds is 2. The number of thiol groups is 1. The molecule has 50 valence electrons. The van der Waals surface area contributed by atoms with Crippen LogP contribution in [-0.2, 0) is 4.79 Å². The molecule has 0 radical (unpaired) electrons. The summed E-state index contributed by atoms with van der Waals surface area (Å²) in [5.41, 5.74) is 4.94. The van der Waals surface area contributed by atoms with Crippen molar-refractivity contribution in [3.8, 4) is 0 Å². The first-order valence-electron chi connectivity index (χ1n) is 1.77. The van der Waals surface area contributed by atoms with E-state index < -0.39 is 12.0 Å². The van der Waals surface area contributed by atoms with Crippen LogP contribution in [0.4, 0.5) is 0 Å². The molecule has 0 aromatic carbocycles. The Balaban J connectivity index is 0. The van der Waals surface area contributed by atoms with Gasteiger partial charge in [0.1, 0.15) is 6.04 Å². The Morgan fingerprint density at radius 2 is 2.25 bits per heavy atom. The topological polar surface area (TPSA) is 63.3 Å². The van der Waals surface area contributed by atoms with Gasteiger partial charge >= 0.3 is 23.9 Å². The monoisotopic (exact) mass is 199 g/mol. The van der Waals surface area contributed by atoms with Gasteiger partial charge in [-0.2, -0.15) is 12.6 Å². The maximum atomic E-state index is 9.76. The van der Waals surface area contributed by atoms with E-state index in [1.807, 2.05) is 0 Å². The Kier molecular flexibility index (Phi) is 7.65. The van der Waals surface area contributed by atoms with Crippen LogP contribution in [0.3, 0.4) is 0 Å².